The van der Waals surface area contributed by atoms with Crippen LogP contribution < -0.4 is 5.73 Å². The van der Waals surface area contributed by atoms with Crippen LogP contribution >= 0.6 is 23.2 Å². The fourth-order valence-corrected chi connectivity index (χ4v) is 1.58. The van der Waals surface area contributed by atoms with Crippen molar-refractivity contribution in [2.24, 2.45) is 0 Å². The highest BCUT2D eigenvalue weighted by Crippen LogP contribution is 2.21. The fourth-order valence-electron chi connectivity index (χ4n) is 1.10. The lowest BCUT2D eigenvalue weighted by molar-refractivity contribution is -0.402. The molecule has 0 aliphatic carbocycles. The van der Waals surface area contributed by atoms with E-state index in [1.165, 1.54) is 6.92 Å². The van der Waals surface area contributed by atoms with Crippen LogP contribution in [-0.4, -0.2) is 11.8 Å². The predicted molar refractivity (Wildman–Crippen MR) is 57.5 cm³/mol. The van der Waals surface area contributed by atoms with Crippen LogP contribution in [0.4, 0.5) is 0 Å². The van der Waals surface area contributed by atoms with Crippen LogP contribution in [0.15, 0.2) is 18.2 Å². The van der Waals surface area contributed by atoms with E-state index in [9.17, 15) is 4.79 Å². The maximum absolute atomic E-state index is 11.0. The third-order valence-electron chi connectivity index (χ3n) is 2.06. The summed E-state index contributed by atoms with van der Waals surface area (Å²) in [4.78, 5) is 11.0. The van der Waals surface area contributed by atoms with Gasteiger partial charge in [-0.15, -0.1) is 0 Å². The first-order chi connectivity index (χ1) is 6.50. The summed E-state index contributed by atoms with van der Waals surface area (Å²) in [6.07, 6.45) is 0.561. The summed E-state index contributed by atoms with van der Waals surface area (Å²) >= 11 is 11.7. The molecule has 1 aromatic carbocycles. The maximum atomic E-state index is 11.0. The van der Waals surface area contributed by atoms with Crippen molar-refractivity contribution in [3.05, 3.63) is 33.8 Å². The number of hydrogen-bond donors (Lipinski definition) is 1. The fraction of sp³-hybridized carbons (Fsp3) is 0.300. The molecule has 0 aliphatic heterocycles. The van der Waals surface area contributed by atoms with E-state index in [-0.39, 0.29) is 11.8 Å². The minimum atomic E-state index is -0.242. The Hall–Kier alpha value is -0.570. The molecule has 0 fully saturated rings. The Kier molecular flexibility index (Phi) is 3.93. The molecule has 3 N–H and O–H groups in total. The second kappa shape index (κ2) is 4.78. The highest BCUT2D eigenvalue weighted by molar-refractivity contribution is 6.35. The molecule has 0 radical (unpaired) electrons. The van der Waals surface area contributed by atoms with Gasteiger partial charge in [-0.3, -0.25) is 4.79 Å². The van der Waals surface area contributed by atoms with Crippen molar-refractivity contribution in [1.29, 1.82) is 0 Å². The maximum Gasteiger partial charge on any atom is 0.187 e. The minimum absolute atomic E-state index is 0.0658. The number of hydrogen-bond acceptors (Lipinski definition) is 1. The first-order valence-electron chi connectivity index (χ1n) is 4.28. The van der Waals surface area contributed by atoms with E-state index < -0.39 is 0 Å². The standard InChI is InChI=1S/C10H11Cl2NO/c1-6(14)10(13)4-7-2-3-8(11)5-9(7)12/h2-3,5,10H,4,13H2,1H3/p+1/t10-/m0/s1. The molecule has 0 aromatic heterocycles. The zero-order chi connectivity index (χ0) is 10.7. The first-order valence-corrected chi connectivity index (χ1v) is 5.03. The van der Waals surface area contributed by atoms with Gasteiger partial charge < -0.3 is 5.73 Å². The van der Waals surface area contributed by atoms with Crippen molar-refractivity contribution in [3.63, 3.8) is 0 Å². The van der Waals surface area contributed by atoms with Crippen LogP contribution in [0.3, 0.4) is 0 Å². The van der Waals surface area contributed by atoms with E-state index >= 15 is 0 Å². The van der Waals surface area contributed by atoms with Crippen LogP contribution in [0.1, 0.15) is 12.5 Å². The van der Waals surface area contributed by atoms with Gasteiger partial charge >= 0.3 is 0 Å². The molecule has 1 atom stereocenters. The van der Waals surface area contributed by atoms with E-state index in [0.29, 0.717) is 16.5 Å². The smallest absolute Gasteiger partial charge is 0.187 e. The molecule has 4 heteroatoms. The lowest BCUT2D eigenvalue weighted by atomic mass is 10.0. The second-order valence-corrected chi connectivity index (χ2v) is 4.09. The number of ketones is 1. The third kappa shape index (κ3) is 2.98. The van der Waals surface area contributed by atoms with E-state index in [1.54, 1.807) is 12.1 Å². The molecule has 76 valence electrons. The quantitative estimate of drug-likeness (QED) is 0.848. The monoisotopic (exact) mass is 232 g/mol. The van der Waals surface area contributed by atoms with Crippen molar-refractivity contribution < 1.29 is 10.5 Å². The van der Waals surface area contributed by atoms with Crippen LogP contribution in [0.25, 0.3) is 0 Å². The lowest BCUT2D eigenvalue weighted by Crippen LogP contribution is -2.65. The Bertz CT molecular complexity index is 352. The van der Waals surface area contributed by atoms with Gasteiger partial charge in [-0.2, -0.15) is 0 Å². The normalized spacial score (nSPS) is 12.6. The Morgan fingerprint density at radius 2 is 2.14 bits per heavy atom. The van der Waals surface area contributed by atoms with Gasteiger partial charge in [0.2, 0.25) is 0 Å². The first kappa shape index (κ1) is 11.5. The number of halogens is 2. The molecule has 0 saturated carbocycles. The molecule has 0 bridgehead atoms. The molecule has 1 rings (SSSR count). The summed E-state index contributed by atoms with van der Waals surface area (Å²) in [5.41, 5.74) is 4.66. The van der Waals surface area contributed by atoms with E-state index in [4.69, 9.17) is 23.2 Å². The Morgan fingerprint density at radius 3 is 2.64 bits per heavy atom. The second-order valence-electron chi connectivity index (χ2n) is 3.25. The number of rotatable bonds is 3. The summed E-state index contributed by atoms with van der Waals surface area (Å²) in [5, 5.41) is 1.19. The van der Waals surface area contributed by atoms with Gasteiger partial charge in [-0.05, 0) is 17.7 Å². The molecule has 0 saturated heterocycles. The van der Waals surface area contributed by atoms with Gasteiger partial charge in [0.15, 0.2) is 5.78 Å². The zero-order valence-corrected chi connectivity index (χ0v) is 9.40. The SMILES string of the molecule is CC(=O)[C@@H]([NH3+])Cc1ccc(Cl)cc1Cl. The van der Waals surface area contributed by atoms with Gasteiger partial charge in [0, 0.05) is 23.4 Å². The molecule has 0 aliphatic rings. The van der Waals surface area contributed by atoms with Gasteiger partial charge in [0.05, 0.1) is 0 Å². The van der Waals surface area contributed by atoms with Gasteiger partial charge in [-0.25, -0.2) is 0 Å². The lowest BCUT2D eigenvalue weighted by Gasteiger charge is -2.06. The van der Waals surface area contributed by atoms with E-state index in [1.807, 2.05) is 6.07 Å². The largest absolute Gasteiger partial charge is 0.349 e. The molecule has 1 aromatic rings. The highest BCUT2D eigenvalue weighted by Gasteiger charge is 2.14. The number of quaternary nitrogens is 1. The molecule has 2 nitrogen and oxygen atoms in total. The molecule has 0 amide bonds. The summed E-state index contributed by atoms with van der Waals surface area (Å²) in [6, 6.07) is 5.01. The van der Waals surface area contributed by atoms with E-state index in [2.05, 4.69) is 5.73 Å². The summed E-state index contributed by atoms with van der Waals surface area (Å²) in [7, 11) is 0. The predicted octanol–water partition coefficient (Wildman–Crippen LogP) is 1.74. The Morgan fingerprint density at radius 1 is 1.50 bits per heavy atom. The highest BCUT2D eigenvalue weighted by atomic mass is 35.5. The van der Waals surface area contributed by atoms with Crippen molar-refractivity contribution in [1.82, 2.24) is 0 Å². The molecular formula is C10H12Cl2NO+. The van der Waals surface area contributed by atoms with Gasteiger partial charge in [0.1, 0.15) is 6.04 Å². The summed E-state index contributed by atoms with van der Waals surface area (Å²) in [5.74, 6) is 0.0658. The molecule has 14 heavy (non-hydrogen) atoms. The van der Waals surface area contributed by atoms with Crippen molar-refractivity contribution in [2.75, 3.05) is 0 Å². The minimum Gasteiger partial charge on any atom is -0.349 e. The van der Waals surface area contributed by atoms with Crippen molar-refractivity contribution in [2.45, 2.75) is 19.4 Å². The van der Waals surface area contributed by atoms with Gasteiger partial charge in [-0.1, -0.05) is 29.3 Å². The summed E-state index contributed by atoms with van der Waals surface area (Å²) < 4.78 is 0. The average Bonchev–Trinajstić information content (AvgIpc) is 2.09. The molecular weight excluding hydrogens is 221 g/mol. The number of benzene rings is 1. The summed E-state index contributed by atoms with van der Waals surface area (Å²) in [6.45, 7) is 1.53. The van der Waals surface area contributed by atoms with Crippen LogP contribution in [0, 0.1) is 0 Å². The average molecular weight is 233 g/mol. The van der Waals surface area contributed by atoms with Gasteiger partial charge in [0.25, 0.3) is 0 Å². The van der Waals surface area contributed by atoms with Crippen molar-refractivity contribution >= 4 is 29.0 Å². The third-order valence-corrected chi connectivity index (χ3v) is 2.64. The molecule has 0 unspecified atom stereocenters. The van der Waals surface area contributed by atoms with Crippen LogP contribution in [0.2, 0.25) is 10.0 Å². The topological polar surface area (TPSA) is 44.7 Å². The van der Waals surface area contributed by atoms with Crippen LogP contribution in [0.5, 0.6) is 0 Å². The number of Topliss-reactive ketones (excluding diaryl/α,β-unsaturated/α-hetero) is 1. The molecule has 0 spiro atoms. The number of carbonyl (C=O) groups excluding carboxylic acids is 1. The Labute approximate surface area is 93.0 Å². The number of carbonyl (C=O) groups is 1. The van der Waals surface area contributed by atoms with E-state index in [0.717, 1.165) is 5.56 Å². The van der Waals surface area contributed by atoms with Crippen LogP contribution in [-0.2, 0) is 11.2 Å². The molecule has 0 heterocycles. The zero-order valence-electron chi connectivity index (χ0n) is 7.89. The van der Waals surface area contributed by atoms with Crippen molar-refractivity contribution in [3.8, 4) is 0 Å². The Balaban J connectivity index is 2.82.